The first-order chi connectivity index (χ1) is 9.42. The summed E-state index contributed by atoms with van der Waals surface area (Å²) in [5, 5.41) is 14.2. The van der Waals surface area contributed by atoms with Gasteiger partial charge in [0, 0.05) is 13.7 Å². The quantitative estimate of drug-likeness (QED) is 0.752. The smallest absolute Gasteiger partial charge is 0.319 e. The van der Waals surface area contributed by atoms with E-state index in [1.54, 1.807) is 12.1 Å². The maximum Gasteiger partial charge on any atom is 0.319 e. The predicted molar refractivity (Wildman–Crippen MR) is 76.3 cm³/mol. The molecule has 3 N–H and O–H groups in total. The van der Waals surface area contributed by atoms with Gasteiger partial charge < -0.3 is 20.5 Å². The van der Waals surface area contributed by atoms with Crippen molar-refractivity contribution in [2.75, 3.05) is 19.0 Å². The molecule has 1 unspecified atom stereocenters. The number of aryl methyl sites for hydroxylation is 1. The highest BCUT2D eigenvalue weighted by atomic mass is 35.5. The van der Waals surface area contributed by atoms with Gasteiger partial charge in [-0.2, -0.15) is 0 Å². The molecule has 0 aliphatic heterocycles. The Bertz CT molecular complexity index is 493. The van der Waals surface area contributed by atoms with Gasteiger partial charge in [0.2, 0.25) is 0 Å². The molecule has 0 radical (unpaired) electrons. The van der Waals surface area contributed by atoms with Gasteiger partial charge in [0.1, 0.15) is 0 Å². The number of ether oxygens (including phenoxy) is 1. The number of amides is 2. The number of hydrogen-bond acceptors (Lipinski definition) is 3. The molecule has 0 aliphatic carbocycles. The number of hydrogen-bond donors (Lipinski definition) is 3. The van der Waals surface area contributed by atoms with Crippen molar-refractivity contribution in [1.82, 2.24) is 5.32 Å². The molecule has 7 heteroatoms. The summed E-state index contributed by atoms with van der Waals surface area (Å²) in [5.74, 6) is -0.986. The summed E-state index contributed by atoms with van der Waals surface area (Å²) in [6.07, 6.45) is -0.756. The van der Waals surface area contributed by atoms with E-state index in [9.17, 15) is 9.59 Å². The largest absolute Gasteiger partial charge is 0.481 e. The Morgan fingerprint density at radius 3 is 2.70 bits per heavy atom. The summed E-state index contributed by atoms with van der Waals surface area (Å²) in [4.78, 5) is 22.2. The molecule has 0 aromatic heterocycles. The van der Waals surface area contributed by atoms with Crippen molar-refractivity contribution in [1.29, 1.82) is 0 Å². The highest BCUT2D eigenvalue weighted by Gasteiger charge is 2.14. The minimum absolute atomic E-state index is 0.0954. The van der Waals surface area contributed by atoms with Gasteiger partial charge in [-0.05, 0) is 24.6 Å². The summed E-state index contributed by atoms with van der Waals surface area (Å²) in [6, 6.07) is 4.79. The number of carbonyl (C=O) groups excluding carboxylic acids is 1. The Kier molecular flexibility index (Phi) is 6.27. The van der Waals surface area contributed by atoms with Gasteiger partial charge in [0.15, 0.2) is 0 Å². The Labute approximate surface area is 122 Å². The summed E-state index contributed by atoms with van der Waals surface area (Å²) in [5.41, 5.74) is 1.48. The molecule has 0 bridgehead atoms. The molecule has 0 saturated carbocycles. The minimum Gasteiger partial charge on any atom is -0.481 e. The standard InChI is InChI=1S/C13H17ClN2O4/c1-8-3-4-11(10(14)5-8)16-13(19)15-7-9(20-2)6-12(17)18/h3-5,9H,6-7H2,1-2H3,(H,17,18)(H2,15,16,19). The van der Waals surface area contributed by atoms with Gasteiger partial charge in [0.25, 0.3) is 0 Å². The van der Waals surface area contributed by atoms with Crippen molar-refractivity contribution in [3.8, 4) is 0 Å². The average Bonchev–Trinajstić information content (AvgIpc) is 2.37. The fourth-order valence-corrected chi connectivity index (χ4v) is 1.81. The monoisotopic (exact) mass is 300 g/mol. The first-order valence-corrected chi connectivity index (χ1v) is 6.35. The van der Waals surface area contributed by atoms with Crippen LogP contribution in [0.15, 0.2) is 18.2 Å². The van der Waals surface area contributed by atoms with E-state index in [0.29, 0.717) is 10.7 Å². The maximum atomic E-state index is 11.7. The second-order valence-electron chi connectivity index (χ2n) is 4.27. The average molecular weight is 301 g/mol. The van der Waals surface area contributed by atoms with Crippen LogP contribution in [0.1, 0.15) is 12.0 Å². The van der Waals surface area contributed by atoms with E-state index in [1.165, 1.54) is 7.11 Å². The molecule has 0 heterocycles. The first kappa shape index (κ1) is 16.3. The molecule has 110 valence electrons. The van der Waals surface area contributed by atoms with Gasteiger partial charge >= 0.3 is 12.0 Å². The van der Waals surface area contributed by atoms with E-state index >= 15 is 0 Å². The van der Waals surface area contributed by atoms with E-state index in [0.717, 1.165) is 5.56 Å². The van der Waals surface area contributed by atoms with Crippen LogP contribution < -0.4 is 10.6 Å². The molecule has 6 nitrogen and oxygen atoms in total. The van der Waals surface area contributed by atoms with Gasteiger partial charge in [-0.15, -0.1) is 0 Å². The molecule has 1 atom stereocenters. The minimum atomic E-state index is -0.986. The summed E-state index contributed by atoms with van der Waals surface area (Å²) < 4.78 is 4.95. The van der Waals surface area contributed by atoms with E-state index in [2.05, 4.69) is 10.6 Å². The van der Waals surface area contributed by atoms with Gasteiger partial charge in [-0.1, -0.05) is 17.7 Å². The molecular formula is C13H17ClN2O4. The number of halogens is 1. The number of methoxy groups -OCH3 is 1. The molecule has 1 rings (SSSR count). The van der Waals surface area contributed by atoms with E-state index < -0.39 is 18.1 Å². The van der Waals surface area contributed by atoms with Crippen molar-refractivity contribution in [3.05, 3.63) is 28.8 Å². The van der Waals surface area contributed by atoms with Crippen molar-refractivity contribution in [2.45, 2.75) is 19.4 Å². The fraction of sp³-hybridized carbons (Fsp3) is 0.385. The van der Waals surface area contributed by atoms with Crippen LogP contribution in [-0.4, -0.2) is 36.9 Å². The molecule has 0 saturated heterocycles. The van der Waals surface area contributed by atoms with E-state index in [1.807, 2.05) is 13.0 Å². The van der Waals surface area contributed by atoms with Crippen molar-refractivity contribution >= 4 is 29.3 Å². The highest BCUT2D eigenvalue weighted by molar-refractivity contribution is 6.33. The topological polar surface area (TPSA) is 87.7 Å². The number of nitrogens with one attached hydrogen (secondary N) is 2. The lowest BCUT2D eigenvalue weighted by Crippen LogP contribution is -2.37. The number of rotatable bonds is 6. The zero-order chi connectivity index (χ0) is 15.1. The third kappa shape index (κ3) is 5.46. The Hall–Kier alpha value is -1.79. The Balaban J connectivity index is 2.49. The molecule has 0 fully saturated rings. The predicted octanol–water partition coefficient (Wildman–Crippen LogP) is 2.26. The molecular weight excluding hydrogens is 284 g/mol. The third-order valence-electron chi connectivity index (χ3n) is 2.60. The van der Waals surface area contributed by atoms with Crippen LogP contribution in [0, 0.1) is 6.92 Å². The van der Waals surface area contributed by atoms with Crippen LogP contribution in [0.5, 0.6) is 0 Å². The lowest BCUT2D eigenvalue weighted by molar-refractivity contribution is -0.139. The van der Waals surface area contributed by atoms with Crippen LogP contribution in [0.25, 0.3) is 0 Å². The van der Waals surface area contributed by atoms with Gasteiger partial charge in [-0.25, -0.2) is 4.79 Å². The number of carboxylic acids is 1. The third-order valence-corrected chi connectivity index (χ3v) is 2.91. The summed E-state index contributed by atoms with van der Waals surface area (Å²) in [6.45, 7) is 1.99. The number of benzene rings is 1. The summed E-state index contributed by atoms with van der Waals surface area (Å²) in [7, 11) is 1.39. The number of anilines is 1. The van der Waals surface area contributed by atoms with E-state index in [-0.39, 0.29) is 13.0 Å². The number of aliphatic carboxylic acids is 1. The van der Waals surface area contributed by atoms with Crippen molar-refractivity contribution in [2.24, 2.45) is 0 Å². The van der Waals surface area contributed by atoms with Crippen LogP contribution in [-0.2, 0) is 9.53 Å². The second kappa shape index (κ2) is 7.72. The maximum absolute atomic E-state index is 11.7. The van der Waals surface area contributed by atoms with Crippen molar-refractivity contribution in [3.63, 3.8) is 0 Å². The number of carboxylic acid groups (broad SMARTS) is 1. The zero-order valence-corrected chi connectivity index (χ0v) is 12.0. The van der Waals surface area contributed by atoms with Gasteiger partial charge in [-0.3, -0.25) is 4.79 Å². The Morgan fingerprint density at radius 2 is 2.15 bits per heavy atom. The van der Waals surface area contributed by atoms with Crippen LogP contribution in [0.4, 0.5) is 10.5 Å². The first-order valence-electron chi connectivity index (χ1n) is 5.98. The molecule has 0 aliphatic rings. The zero-order valence-electron chi connectivity index (χ0n) is 11.3. The molecule has 20 heavy (non-hydrogen) atoms. The number of carbonyl (C=O) groups is 2. The summed E-state index contributed by atoms with van der Waals surface area (Å²) >= 11 is 5.99. The fourth-order valence-electron chi connectivity index (χ4n) is 1.53. The molecule has 2 amide bonds. The number of urea groups is 1. The Morgan fingerprint density at radius 1 is 1.45 bits per heavy atom. The SMILES string of the molecule is COC(CNC(=O)Nc1ccc(C)cc1Cl)CC(=O)O. The van der Waals surface area contributed by atoms with Crippen LogP contribution >= 0.6 is 11.6 Å². The van der Waals surface area contributed by atoms with Crippen LogP contribution in [0.3, 0.4) is 0 Å². The van der Waals surface area contributed by atoms with Crippen molar-refractivity contribution < 1.29 is 19.4 Å². The molecule has 1 aromatic carbocycles. The molecule has 1 aromatic rings. The normalized spacial score (nSPS) is 11.8. The second-order valence-corrected chi connectivity index (χ2v) is 4.68. The molecule has 0 spiro atoms. The van der Waals surface area contributed by atoms with E-state index in [4.69, 9.17) is 21.4 Å². The lowest BCUT2D eigenvalue weighted by Gasteiger charge is -2.15. The van der Waals surface area contributed by atoms with Crippen LogP contribution in [0.2, 0.25) is 5.02 Å². The lowest BCUT2D eigenvalue weighted by atomic mass is 10.2. The van der Waals surface area contributed by atoms with Gasteiger partial charge in [0.05, 0.1) is 23.2 Å². The highest BCUT2D eigenvalue weighted by Crippen LogP contribution is 2.22.